The number of ether oxygens (including phenoxy) is 2. The summed E-state index contributed by atoms with van der Waals surface area (Å²) in [4.78, 5) is 25.3. The van der Waals surface area contributed by atoms with Crippen LogP contribution in [0.1, 0.15) is 48.5 Å². The van der Waals surface area contributed by atoms with E-state index in [0.717, 1.165) is 4.90 Å². The van der Waals surface area contributed by atoms with Gasteiger partial charge in [0.1, 0.15) is 11.2 Å². The van der Waals surface area contributed by atoms with E-state index >= 15 is 0 Å². The minimum absolute atomic E-state index is 0.558. The molecule has 0 aromatic carbocycles. The topological polar surface area (TPSA) is 76.1 Å². The van der Waals surface area contributed by atoms with Crippen molar-refractivity contribution in [1.29, 1.82) is 0 Å². The molecule has 0 aliphatic rings. The maximum absolute atomic E-state index is 12.2. The Labute approximate surface area is 121 Å². The van der Waals surface area contributed by atoms with Gasteiger partial charge in [-0.15, -0.1) is 0 Å². The van der Waals surface area contributed by atoms with E-state index in [0.29, 0.717) is 0 Å². The Bertz CT molecular complexity index is 367. The van der Waals surface area contributed by atoms with Crippen LogP contribution in [-0.4, -0.2) is 52.5 Å². The van der Waals surface area contributed by atoms with E-state index in [4.69, 9.17) is 9.47 Å². The molecule has 0 spiro atoms. The molecule has 0 unspecified atom stereocenters. The van der Waals surface area contributed by atoms with Crippen LogP contribution in [0.15, 0.2) is 0 Å². The number of aliphatic hydroxyl groups excluding tert-OH is 1. The van der Waals surface area contributed by atoms with Gasteiger partial charge in [0.15, 0.2) is 5.54 Å². The highest BCUT2D eigenvalue weighted by Gasteiger charge is 2.44. The fourth-order valence-corrected chi connectivity index (χ4v) is 1.23. The molecular formula is C14H27NO5. The normalized spacial score (nSPS) is 15.2. The molecule has 0 aliphatic heterocycles. The molecule has 6 heteroatoms. The van der Waals surface area contributed by atoms with Crippen LogP contribution < -0.4 is 0 Å². The van der Waals surface area contributed by atoms with Gasteiger partial charge in [-0.25, -0.2) is 9.59 Å². The second kappa shape index (κ2) is 5.99. The summed E-state index contributed by atoms with van der Waals surface area (Å²) >= 11 is 0. The zero-order valence-electron chi connectivity index (χ0n) is 13.7. The van der Waals surface area contributed by atoms with E-state index < -0.39 is 35.4 Å². The summed E-state index contributed by atoms with van der Waals surface area (Å²) in [5.74, 6) is -0.680. The van der Waals surface area contributed by atoms with Crippen LogP contribution in [0.3, 0.4) is 0 Å². The first-order valence-corrected chi connectivity index (χ1v) is 6.54. The van der Waals surface area contributed by atoms with Gasteiger partial charge in [0, 0.05) is 7.05 Å². The number of aliphatic hydroxyl groups is 1. The Kier molecular flexibility index (Phi) is 5.60. The molecule has 0 saturated heterocycles. The van der Waals surface area contributed by atoms with Gasteiger partial charge in [-0.3, -0.25) is 4.90 Å². The number of hydrogen-bond acceptors (Lipinski definition) is 5. The summed E-state index contributed by atoms with van der Waals surface area (Å²) in [7, 11) is 1.40. The SMILES string of the molecule is CN(C(=O)OC(C)(C)C)[C@@](C)(CO)C(=O)OC(C)(C)C. The number of nitrogens with zero attached hydrogens (tertiary/aromatic N) is 1. The van der Waals surface area contributed by atoms with E-state index in [1.54, 1.807) is 41.5 Å². The van der Waals surface area contributed by atoms with Crippen molar-refractivity contribution in [2.24, 2.45) is 0 Å². The average molecular weight is 289 g/mol. The van der Waals surface area contributed by atoms with Crippen molar-refractivity contribution in [3.63, 3.8) is 0 Å². The fraction of sp³-hybridized carbons (Fsp3) is 0.857. The minimum atomic E-state index is -1.49. The monoisotopic (exact) mass is 289 g/mol. The van der Waals surface area contributed by atoms with Crippen molar-refractivity contribution in [2.75, 3.05) is 13.7 Å². The molecule has 0 rings (SSSR count). The molecule has 1 amide bonds. The first-order chi connectivity index (χ1) is 8.73. The molecule has 0 aromatic heterocycles. The molecular weight excluding hydrogens is 262 g/mol. The molecule has 0 aromatic rings. The number of likely N-dealkylation sites (N-methyl/N-ethyl adjacent to an activating group) is 1. The average Bonchev–Trinajstić information content (AvgIpc) is 2.22. The molecule has 0 heterocycles. The molecule has 0 saturated carbocycles. The summed E-state index contributed by atoms with van der Waals surface area (Å²) in [6, 6.07) is 0. The number of carbonyl (C=O) groups excluding carboxylic acids is 2. The van der Waals surface area contributed by atoms with E-state index in [-0.39, 0.29) is 0 Å². The lowest BCUT2D eigenvalue weighted by Gasteiger charge is -2.37. The first-order valence-electron chi connectivity index (χ1n) is 6.54. The Balaban J connectivity index is 5.13. The smallest absolute Gasteiger partial charge is 0.411 e. The highest BCUT2D eigenvalue weighted by Crippen LogP contribution is 2.21. The summed E-state index contributed by atoms with van der Waals surface area (Å²) in [5.41, 5.74) is -2.88. The van der Waals surface area contributed by atoms with Gasteiger partial charge in [-0.1, -0.05) is 0 Å². The minimum Gasteiger partial charge on any atom is -0.458 e. The highest BCUT2D eigenvalue weighted by molar-refractivity contribution is 5.85. The van der Waals surface area contributed by atoms with Gasteiger partial charge < -0.3 is 14.6 Å². The van der Waals surface area contributed by atoms with E-state index in [1.165, 1.54) is 14.0 Å². The predicted octanol–water partition coefficient (Wildman–Crippen LogP) is 1.95. The maximum Gasteiger partial charge on any atom is 0.411 e. The summed E-state index contributed by atoms with van der Waals surface area (Å²) in [6.07, 6.45) is -0.695. The van der Waals surface area contributed by atoms with Gasteiger partial charge in [-0.2, -0.15) is 0 Å². The third kappa shape index (κ3) is 5.36. The fourth-order valence-electron chi connectivity index (χ4n) is 1.23. The Morgan fingerprint density at radius 1 is 0.950 bits per heavy atom. The molecule has 118 valence electrons. The van der Waals surface area contributed by atoms with Crippen molar-refractivity contribution in [3.8, 4) is 0 Å². The quantitative estimate of drug-likeness (QED) is 0.804. The standard InChI is InChI=1S/C14H27NO5/c1-12(2,3)19-10(17)14(7,9-16)15(8)11(18)20-13(4,5)6/h16H,9H2,1-8H3/t14-/m0/s1. The van der Waals surface area contributed by atoms with E-state index in [2.05, 4.69) is 0 Å². The van der Waals surface area contributed by atoms with Crippen molar-refractivity contribution < 1.29 is 24.2 Å². The van der Waals surface area contributed by atoms with Crippen LogP contribution in [0.25, 0.3) is 0 Å². The van der Waals surface area contributed by atoms with E-state index in [1.807, 2.05) is 0 Å². The van der Waals surface area contributed by atoms with Crippen LogP contribution in [0.5, 0.6) is 0 Å². The summed E-state index contributed by atoms with van der Waals surface area (Å²) in [5, 5.41) is 9.52. The molecule has 6 nitrogen and oxygen atoms in total. The molecule has 0 bridgehead atoms. The predicted molar refractivity (Wildman–Crippen MR) is 75.3 cm³/mol. The second-order valence-electron chi connectivity index (χ2n) is 6.97. The van der Waals surface area contributed by atoms with Crippen LogP contribution in [0.4, 0.5) is 4.79 Å². The van der Waals surface area contributed by atoms with Crippen LogP contribution in [-0.2, 0) is 14.3 Å². The molecule has 0 aliphatic carbocycles. The van der Waals surface area contributed by atoms with Crippen molar-refractivity contribution in [1.82, 2.24) is 4.90 Å². The zero-order valence-corrected chi connectivity index (χ0v) is 13.7. The molecule has 0 fully saturated rings. The Hall–Kier alpha value is -1.30. The van der Waals surface area contributed by atoms with Crippen LogP contribution >= 0.6 is 0 Å². The largest absolute Gasteiger partial charge is 0.458 e. The van der Waals surface area contributed by atoms with E-state index in [9.17, 15) is 14.7 Å². The lowest BCUT2D eigenvalue weighted by molar-refractivity contribution is -0.170. The van der Waals surface area contributed by atoms with Gasteiger partial charge in [-0.05, 0) is 48.5 Å². The third-order valence-electron chi connectivity index (χ3n) is 2.55. The van der Waals surface area contributed by atoms with Gasteiger partial charge in [0.2, 0.25) is 0 Å². The zero-order chi connectivity index (χ0) is 16.4. The van der Waals surface area contributed by atoms with Crippen LogP contribution in [0.2, 0.25) is 0 Å². The van der Waals surface area contributed by atoms with Crippen molar-refractivity contribution in [3.05, 3.63) is 0 Å². The molecule has 1 atom stereocenters. The maximum atomic E-state index is 12.2. The number of rotatable bonds is 3. The third-order valence-corrected chi connectivity index (χ3v) is 2.55. The number of esters is 1. The summed E-state index contributed by atoms with van der Waals surface area (Å²) < 4.78 is 10.4. The highest BCUT2D eigenvalue weighted by atomic mass is 16.6. The number of amides is 1. The lowest BCUT2D eigenvalue weighted by atomic mass is 10.0. The lowest BCUT2D eigenvalue weighted by Crippen LogP contribution is -2.58. The molecule has 20 heavy (non-hydrogen) atoms. The van der Waals surface area contributed by atoms with Gasteiger partial charge in [0.25, 0.3) is 0 Å². The van der Waals surface area contributed by atoms with Gasteiger partial charge in [0.05, 0.1) is 6.61 Å². The molecule has 0 radical (unpaired) electrons. The first kappa shape index (κ1) is 18.7. The van der Waals surface area contributed by atoms with Crippen molar-refractivity contribution in [2.45, 2.75) is 65.2 Å². The van der Waals surface area contributed by atoms with Gasteiger partial charge >= 0.3 is 12.1 Å². The van der Waals surface area contributed by atoms with Crippen LogP contribution in [0, 0.1) is 0 Å². The second-order valence-corrected chi connectivity index (χ2v) is 6.97. The number of hydrogen-bond donors (Lipinski definition) is 1. The molecule has 1 N–H and O–H groups in total. The number of carbonyl (C=O) groups is 2. The Morgan fingerprint density at radius 2 is 1.35 bits per heavy atom. The van der Waals surface area contributed by atoms with Crippen molar-refractivity contribution >= 4 is 12.1 Å². The Morgan fingerprint density at radius 3 is 1.65 bits per heavy atom. The summed E-state index contributed by atoms with van der Waals surface area (Å²) in [6.45, 7) is 11.2.